The Morgan fingerprint density at radius 3 is 2.02 bits per heavy atom. The second kappa shape index (κ2) is 28.4. The molecule has 1 saturated carbocycles. The number of hydrogen-bond acceptors (Lipinski definition) is 6. The first-order valence-corrected chi connectivity index (χ1v) is 16.3. The van der Waals surface area contributed by atoms with Crippen molar-refractivity contribution >= 4 is 42.2 Å². The van der Waals surface area contributed by atoms with Gasteiger partial charge in [0.05, 0.1) is 23.4 Å². The van der Waals surface area contributed by atoms with Crippen molar-refractivity contribution in [2.24, 2.45) is 4.99 Å². The Bertz CT molecular complexity index is 1150. The smallest absolute Gasteiger partial charge is 0.330 e. The van der Waals surface area contributed by atoms with Crippen LogP contribution in [0.3, 0.4) is 0 Å². The zero-order chi connectivity index (χ0) is 35.3. The van der Waals surface area contributed by atoms with Crippen molar-refractivity contribution in [2.75, 3.05) is 20.2 Å². The molecular formula is C36H55ClN4O5. The molecule has 1 fully saturated rings. The molecule has 46 heavy (non-hydrogen) atoms. The average molecular weight is 659 g/mol. The summed E-state index contributed by atoms with van der Waals surface area (Å²) in [6.45, 7) is 15.5. The molecule has 2 aromatic carbocycles. The van der Waals surface area contributed by atoms with Crippen LogP contribution in [-0.2, 0) is 27.3 Å². The van der Waals surface area contributed by atoms with Crippen LogP contribution in [0.4, 0.5) is 10.5 Å². The molecule has 0 unspecified atom stereocenters. The third-order valence-electron chi connectivity index (χ3n) is 5.67. The Hall–Kier alpha value is -4.03. The first-order chi connectivity index (χ1) is 22.2. The first-order valence-electron chi connectivity index (χ1n) is 15.9. The monoisotopic (exact) mass is 658 g/mol. The Morgan fingerprint density at radius 1 is 1.02 bits per heavy atom. The van der Waals surface area contributed by atoms with Gasteiger partial charge in [-0.1, -0.05) is 89.2 Å². The van der Waals surface area contributed by atoms with E-state index in [1.165, 1.54) is 24.8 Å². The van der Waals surface area contributed by atoms with Crippen LogP contribution in [0.5, 0.6) is 5.75 Å². The summed E-state index contributed by atoms with van der Waals surface area (Å²) in [7, 11) is 1.84. The van der Waals surface area contributed by atoms with Gasteiger partial charge >= 0.3 is 6.03 Å². The lowest BCUT2D eigenvalue weighted by Crippen LogP contribution is -2.48. The van der Waals surface area contributed by atoms with Gasteiger partial charge in [0.25, 0.3) is 6.47 Å². The molecule has 0 aromatic heterocycles. The molecule has 0 bridgehead atoms. The lowest BCUT2D eigenvalue weighted by atomic mass is 10.1. The van der Waals surface area contributed by atoms with Crippen LogP contribution in [0.15, 0.2) is 47.5 Å². The van der Waals surface area contributed by atoms with E-state index in [2.05, 4.69) is 59.1 Å². The minimum atomic E-state index is -0.527. The first kappa shape index (κ1) is 44.1. The molecule has 0 aliphatic heterocycles. The number of benzene rings is 2. The van der Waals surface area contributed by atoms with E-state index in [1.54, 1.807) is 25.1 Å². The van der Waals surface area contributed by atoms with Gasteiger partial charge in [-0.2, -0.15) is 0 Å². The van der Waals surface area contributed by atoms with Crippen LogP contribution < -0.4 is 10.1 Å². The highest BCUT2D eigenvalue weighted by Gasteiger charge is 2.18. The molecule has 3 rings (SSSR count). The summed E-state index contributed by atoms with van der Waals surface area (Å²) >= 11 is 6.38. The quantitative estimate of drug-likeness (QED) is 0.106. The summed E-state index contributed by atoms with van der Waals surface area (Å²) in [6.07, 6.45) is 15.6. The van der Waals surface area contributed by atoms with E-state index in [9.17, 15) is 14.4 Å². The Balaban J connectivity index is 0. The molecule has 0 saturated heterocycles. The van der Waals surface area contributed by atoms with E-state index >= 15 is 0 Å². The van der Waals surface area contributed by atoms with E-state index in [-0.39, 0.29) is 6.10 Å². The van der Waals surface area contributed by atoms with Gasteiger partial charge in [0.15, 0.2) is 0 Å². The number of urea groups is 1. The standard InChI is InChI=1S/C26H35ClN4O3.C3H6O2.C3H6.C2H6.C2H2/c1-6-8-15-31(18-32)26(33)29-25(30(5)17-21-11-9-20(7-2)10-12-21)28-22-13-14-24(23(27)16-22)34-19(3)4;1-2-5-3-4;1-2-3-1;2*1-2/h9-14,16,18-19H,6-8,15,17H2,1-5H3,(H,28,29,33);3H,2H2,1H3;1-3H2;1-2H3;1-2H. The number of unbranched alkanes of at least 4 members (excludes halogenated alkanes) is 1. The summed E-state index contributed by atoms with van der Waals surface area (Å²) in [5, 5.41) is 3.22. The Kier molecular flexibility index (Phi) is 27.3. The normalized spacial score (nSPS) is 10.8. The molecule has 0 radical (unpaired) electrons. The van der Waals surface area contributed by atoms with Crippen LogP contribution in [0.25, 0.3) is 0 Å². The minimum absolute atomic E-state index is 0.00984. The molecule has 1 aliphatic carbocycles. The number of hydrogen-bond donors (Lipinski definition) is 1. The SMILES string of the molecule is C#C.C1CC1.CC.CCCCN(C=O)C(=O)NC(=Nc1ccc(OC(C)C)c(Cl)c1)N(C)Cc1ccc(CC)cc1.CCOC=O. The van der Waals surface area contributed by atoms with E-state index < -0.39 is 6.03 Å². The van der Waals surface area contributed by atoms with Crippen molar-refractivity contribution in [1.29, 1.82) is 0 Å². The number of guanidine groups is 1. The van der Waals surface area contributed by atoms with Crippen LogP contribution in [0, 0.1) is 12.8 Å². The molecule has 0 spiro atoms. The molecule has 10 heteroatoms. The van der Waals surface area contributed by atoms with Crippen molar-refractivity contribution < 1.29 is 23.9 Å². The van der Waals surface area contributed by atoms with E-state index in [0.717, 1.165) is 29.7 Å². The predicted octanol–water partition coefficient (Wildman–Crippen LogP) is 8.40. The Morgan fingerprint density at radius 2 is 1.61 bits per heavy atom. The highest BCUT2D eigenvalue weighted by molar-refractivity contribution is 6.32. The maximum atomic E-state index is 12.8. The van der Waals surface area contributed by atoms with Crippen LogP contribution in [0.2, 0.25) is 5.02 Å². The third kappa shape index (κ3) is 20.8. The summed E-state index contributed by atoms with van der Waals surface area (Å²) in [5.74, 6) is 0.874. The maximum absolute atomic E-state index is 12.8. The van der Waals surface area contributed by atoms with Crippen molar-refractivity contribution in [1.82, 2.24) is 15.1 Å². The van der Waals surface area contributed by atoms with Crippen LogP contribution in [0.1, 0.15) is 91.7 Å². The molecular weight excluding hydrogens is 604 g/mol. The van der Waals surface area contributed by atoms with Crippen molar-refractivity contribution in [3.05, 3.63) is 58.6 Å². The Labute approximate surface area is 282 Å². The number of nitrogens with zero attached hydrogens (tertiary/aromatic N) is 3. The second-order valence-electron chi connectivity index (χ2n) is 9.94. The van der Waals surface area contributed by atoms with Gasteiger partial charge in [0.2, 0.25) is 12.4 Å². The number of imide groups is 1. The van der Waals surface area contributed by atoms with E-state index in [4.69, 9.17) is 16.3 Å². The number of rotatable bonds is 12. The van der Waals surface area contributed by atoms with E-state index in [0.29, 0.717) is 55.0 Å². The lowest BCUT2D eigenvalue weighted by molar-refractivity contribution is -0.128. The molecule has 9 nitrogen and oxygen atoms in total. The van der Waals surface area contributed by atoms with Crippen LogP contribution >= 0.6 is 11.6 Å². The molecule has 0 heterocycles. The second-order valence-corrected chi connectivity index (χ2v) is 10.3. The number of nitrogens with one attached hydrogen (secondary N) is 1. The number of amides is 3. The molecule has 1 aliphatic rings. The number of aliphatic imine (C=N–C) groups is 1. The predicted molar refractivity (Wildman–Crippen MR) is 191 cm³/mol. The number of carbonyl (C=O) groups is 3. The van der Waals surface area contributed by atoms with Gasteiger partial charge in [-0.3, -0.25) is 19.8 Å². The van der Waals surface area contributed by atoms with Gasteiger partial charge in [-0.25, -0.2) is 9.79 Å². The summed E-state index contributed by atoms with van der Waals surface area (Å²) in [6, 6.07) is 13.0. The lowest BCUT2D eigenvalue weighted by Gasteiger charge is -2.24. The number of carbonyl (C=O) groups excluding carboxylic acids is 3. The van der Waals surface area contributed by atoms with E-state index in [1.807, 2.05) is 46.6 Å². The summed E-state index contributed by atoms with van der Waals surface area (Å²) in [4.78, 5) is 41.0. The zero-order valence-corrected chi connectivity index (χ0v) is 29.8. The zero-order valence-electron chi connectivity index (χ0n) is 29.1. The average Bonchev–Trinajstić information content (AvgIpc) is 3.95. The van der Waals surface area contributed by atoms with Crippen molar-refractivity contribution in [3.63, 3.8) is 0 Å². The highest BCUT2D eigenvalue weighted by Crippen LogP contribution is 2.30. The number of ether oxygens (including phenoxy) is 2. The fourth-order valence-corrected chi connectivity index (χ4v) is 3.45. The number of aryl methyl sites for hydroxylation is 1. The van der Waals surface area contributed by atoms with Gasteiger partial charge < -0.3 is 14.4 Å². The fraction of sp³-hybridized carbons (Fsp3) is 0.500. The summed E-state index contributed by atoms with van der Waals surface area (Å²) < 4.78 is 9.85. The maximum Gasteiger partial charge on any atom is 0.330 e. The number of halogens is 1. The molecule has 2 aromatic rings. The van der Waals surface area contributed by atoms with Crippen molar-refractivity contribution in [2.45, 2.75) is 99.6 Å². The van der Waals surface area contributed by atoms with Gasteiger partial charge in [0.1, 0.15) is 5.75 Å². The minimum Gasteiger partial charge on any atom is -0.489 e. The number of terminal acetylenes is 1. The molecule has 1 N–H and O–H groups in total. The molecule has 256 valence electrons. The molecule has 0 atom stereocenters. The van der Waals surface area contributed by atoms with Crippen LogP contribution in [-0.4, -0.2) is 61.0 Å². The molecule has 3 amide bonds. The summed E-state index contributed by atoms with van der Waals surface area (Å²) in [5.41, 5.74) is 2.87. The third-order valence-corrected chi connectivity index (χ3v) is 5.97. The fourth-order valence-electron chi connectivity index (χ4n) is 3.24. The van der Waals surface area contributed by atoms with Crippen molar-refractivity contribution in [3.8, 4) is 18.6 Å². The topological polar surface area (TPSA) is 101 Å². The largest absolute Gasteiger partial charge is 0.489 e. The van der Waals surface area contributed by atoms with Gasteiger partial charge in [0, 0.05) is 20.1 Å². The highest BCUT2D eigenvalue weighted by atomic mass is 35.5. The van der Waals surface area contributed by atoms with Gasteiger partial charge in [-0.05, 0) is 62.9 Å². The van der Waals surface area contributed by atoms with Gasteiger partial charge in [-0.15, -0.1) is 12.8 Å².